The molecule has 0 fully saturated rings. The Balaban J connectivity index is 1.66. The number of carbonyl (C=O) groups is 2. The van der Waals surface area contributed by atoms with Gasteiger partial charge < -0.3 is 14.8 Å². The van der Waals surface area contributed by atoms with Crippen molar-refractivity contribution in [3.8, 4) is 5.75 Å². The number of hydrogen-bond acceptors (Lipinski definition) is 10. The zero-order chi connectivity index (χ0) is 28.4. The average Bonchev–Trinajstić information content (AvgIpc) is 2.91. The second-order valence-corrected chi connectivity index (χ2v) is 12.0. The molecule has 1 heterocycles. The molecule has 0 aliphatic carbocycles. The summed E-state index contributed by atoms with van der Waals surface area (Å²) in [7, 11) is -7.55. The van der Waals surface area contributed by atoms with Gasteiger partial charge in [-0.2, -0.15) is 16.8 Å². The molecule has 3 aromatic rings. The van der Waals surface area contributed by atoms with Crippen molar-refractivity contribution in [1.29, 1.82) is 0 Å². The van der Waals surface area contributed by atoms with E-state index in [9.17, 15) is 26.4 Å². The van der Waals surface area contributed by atoms with Crippen molar-refractivity contribution >= 4 is 37.8 Å². The summed E-state index contributed by atoms with van der Waals surface area (Å²) < 4.78 is 72.4. The molecule has 39 heavy (non-hydrogen) atoms. The molecule has 1 aliphatic heterocycles. The number of ether oxygens (including phenoxy) is 2. The molecule has 0 radical (unpaired) electrons. The zero-order valence-electron chi connectivity index (χ0n) is 21.2. The molecule has 0 bridgehead atoms. The summed E-state index contributed by atoms with van der Waals surface area (Å²) in [6, 6.07) is 15.6. The van der Waals surface area contributed by atoms with Crippen molar-refractivity contribution < 1.29 is 44.3 Å². The van der Waals surface area contributed by atoms with Crippen LogP contribution < -0.4 is 10.1 Å². The molecule has 1 amide bonds. The largest absolute Gasteiger partial charge is 0.470 e. The average molecular weight is 576 g/mol. The molecule has 0 unspecified atom stereocenters. The molecule has 206 valence electrons. The topological polar surface area (TPSA) is 151 Å². The first-order chi connectivity index (χ1) is 18.3. The molecule has 0 spiro atoms. The summed E-state index contributed by atoms with van der Waals surface area (Å²) in [6.45, 7) is 1.72. The van der Waals surface area contributed by atoms with Gasteiger partial charge in [0.15, 0.2) is 0 Å². The molecule has 0 atom stereocenters. The van der Waals surface area contributed by atoms with Crippen LogP contribution in [0.1, 0.15) is 21.5 Å². The molecular weight excluding hydrogens is 550 g/mol. The van der Waals surface area contributed by atoms with Crippen molar-refractivity contribution in [2.45, 2.75) is 29.2 Å². The van der Waals surface area contributed by atoms with E-state index in [0.717, 1.165) is 11.1 Å². The van der Waals surface area contributed by atoms with Gasteiger partial charge in [-0.15, -0.1) is 0 Å². The minimum absolute atomic E-state index is 0.0231. The minimum atomic E-state index is -4.37. The Kier molecular flexibility index (Phi) is 7.80. The van der Waals surface area contributed by atoms with E-state index in [1.54, 1.807) is 38.1 Å². The highest BCUT2D eigenvalue weighted by atomic mass is 32.2. The van der Waals surface area contributed by atoms with Crippen LogP contribution in [0, 0.1) is 13.8 Å². The van der Waals surface area contributed by atoms with Crippen LogP contribution in [0.2, 0.25) is 0 Å². The standard InChI is InChI=1S/C26H25NO10S2/c1-17-4-9-20(10-5-17)38(30,31)35-15-26(16-36-39(32,33)21-11-6-18(2)7-12-21)25(29)27-22-14-19(24(28)34-3)8-13-23(22)37-26/h4-14H,15-16H2,1-3H3,(H,27,29). The van der Waals surface area contributed by atoms with Gasteiger partial charge in [-0.3, -0.25) is 13.2 Å². The maximum atomic E-state index is 13.3. The molecule has 4 rings (SSSR count). The van der Waals surface area contributed by atoms with Gasteiger partial charge in [0.05, 0.1) is 28.2 Å². The number of esters is 1. The van der Waals surface area contributed by atoms with Gasteiger partial charge >= 0.3 is 5.97 Å². The first-order valence-corrected chi connectivity index (χ1v) is 14.3. The lowest BCUT2D eigenvalue weighted by Crippen LogP contribution is -2.58. The number of hydrogen-bond donors (Lipinski definition) is 1. The molecule has 11 nitrogen and oxygen atoms in total. The van der Waals surface area contributed by atoms with Gasteiger partial charge in [0.2, 0.25) is 5.60 Å². The van der Waals surface area contributed by atoms with Crippen LogP contribution in [0.25, 0.3) is 0 Å². The van der Waals surface area contributed by atoms with Gasteiger partial charge in [0.25, 0.3) is 26.1 Å². The Labute approximate surface area is 225 Å². The quantitative estimate of drug-likeness (QED) is 0.298. The third-order valence-electron chi connectivity index (χ3n) is 5.88. The molecule has 0 aromatic heterocycles. The number of fused-ring (bicyclic) bond motifs is 1. The van der Waals surface area contributed by atoms with E-state index >= 15 is 0 Å². The lowest BCUT2D eigenvalue weighted by atomic mass is 10.0. The van der Waals surface area contributed by atoms with Crippen molar-refractivity contribution in [1.82, 2.24) is 0 Å². The normalized spacial score (nSPS) is 14.6. The SMILES string of the molecule is COC(=O)c1ccc2c(c1)NC(=O)C(COS(=O)(=O)c1ccc(C)cc1)(COS(=O)(=O)c1ccc(C)cc1)O2. The van der Waals surface area contributed by atoms with Crippen LogP contribution >= 0.6 is 0 Å². The molecule has 3 aromatic carbocycles. The van der Waals surface area contributed by atoms with Crippen LogP contribution in [0.3, 0.4) is 0 Å². The number of nitrogens with one attached hydrogen (secondary N) is 1. The van der Waals surface area contributed by atoms with Gasteiger partial charge in [-0.25, -0.2) is 4.79 Å². The van der Waals surface area contributed by atoms with Crippen LogP contribution in [0.4, 0.5) is 5.69 Å². The van der Waals surface area contributed by atoms with E-state index in [0.29, 0.717) is 0 Å². The maximum absolute atomic E-state index is 13.3. The first-order valence-electron chi connectivity index (χ1n) is 11.5. The summed E-state index contributed by atoms with van der Waals surface area (Å²) >= 11 is 0. The summed E-state index contributed by atoms with van der Waals surface area (Å²) in [4.78, 5) is 24.9. The van der Waals surface area contributed by atoms with E-state index in [2.05, 4.69) is 10.1 Å². The number of anilines is 1. The molecule has 1 N–H and O–H groups in total. The van der Waals surface area contributed by atoms with Crippen molar-refractivity contribution in [3.05, 3.63) is 83.4 Å². The van der Waals surface area contributed by atoms with E-state index in [1.165, 1.54) is 49.6 Å². The van der Waals surface area contributed by atoms with E-state index in [-0.39, 0.29) is 26.8 Å². The van der Waals surface area contributed by atoms with Crippen molar-refractivity contribution in [2.75, 3.05) is 25.6 Å². The highest BCUT2D eigenvalue weighted by Crippen LogP contribution is 2.36. The highest BCUT2D eigenvalue weighted by molar-refractivity contribution is 7.87. The molecule has 0 saturated heterocycles. The van der Waals surface area contributed by atoms with E-state index in [1.807, 2.05) is 0 Å². The Morgan fingerprint density at radius 2 is 1.31 bits per heavy atom. The van der Waals surface area contributed by atoms with Gasteiger partial charge in [-0.1, -0.05) is 35.4 Å². The Bertz CT molecular complexity index is 1530. The van der Waals surface area contributed by atoms with Crippen molar-refractivity contribution in [2.24, 2.45) is 0 Å². The molecule has 13 heteroatoms. The summed E-state index contributed by atoms with van der Waals surface area (Å²) in [5.74, 6) is -1.59. The Morgan fingerprint density at radius 3 is 1.77 bits per heavy atom. The predicted molar refractivity (Wildman–Crippen MR) is 138 cm³/mol. The number of aryl methyl sites for hydroxylation is 2. The van der Waals surface area contributed by atoms with Crippen LogP contribution in [-0.2, 0) is 38.1 Å². The number of amides is 1. The lowest BCUT2D eigenvalue weighted by Gasteiger charge is -2.36. The fourth-order valence-corrected chi connectivity index (χ4v) is 5.48. The molecular formula is C26H25NO10S2. The molecule has 1 aliphatic rings. The number of methoxy groups -OCH3 is 1. The number of carbonyl (C=O) groups excluding carboxylic acids is 2. The minimum Gasteiger partial charge on any atom is -0.470 e. The second kappa shape index (κ2) is 10.8. The van der Waals surface area contributed by atoms with Crippen LogP contribution in [-0.4, -0.2) is 54.6 Å². The Morgan fingerprint density at radius 1 is 0.821 bits per heavy atom. The maximum Gasteiger partial charge on any atom is 0.337 e. The summed E-state index contributed by atoms with van der Waals surface area (Å²) in [6.07, 6.45) is 0. The second-order valence-electron chi connectivity index (χ2n) is 8.81. The van der Waals surface area contributed by atoms with Gasteiger partial charge in [-0.05, 0) is 56.3 Å². The summed E-state index contributed by atoms with van der Waals surface area (Å²) in [5.41, 5.74) is -0.406. The fourth-order valence-electron chi connectivity index (χ4n) is 3.58. The Hall–Kier alpha value is -3.78. The van der Waals surface area contributed by atoms with E-state index < -0.39 is 50.9 Å². The van der Waals surface area contributed by atoms with Crippen LogP contribution in [0.5, 0.6) is 5.75 Å². The third kappa shape index (κ3) is 6.11. The van der Waals surface area contributed by atoms with Gasteiger partial charge in [0.1, 0.15) is 19.0 Å². The van der Waals surface area contributed by atoms with Gasteiger partial charge in [0, 0.05) is 0 Å². The zero-order valence-corrected chi connectivity index (χ0v) is 22.8. The molecule has 0 saturated carbocycles. The first kappa shape index (κ1) is 28.2. The monoisotopic (exact) mass is 575 g/mol. The van der Waals surface area contributed by atoms with E-state index in [4.69, 9.17) is 13.1 Å². The van der Waals surface area contributed by atoms with Crippen molar-refractivity contribution in [3.63, 3.8) is 0 Å². The highest BCUT2D eigenvalue weighted by Gasteiger charge is 2.48. The fraction of sp³-hybridized carbons (Fsp3) is 0.231. The third-order valence-corrected chi connectivity index (χ3v) is 8.44. The summed E-state index contributed by atoms with van der Waals surface area (Å²) in [5, 5.41) is 2.52. The van der Waals surface area contributed by atoms with Crippen LogP contribution in [0.15, 0.2) is 76.5 Å². The predicted octanol–water partition coefficient (Wildman–Crippen LogP) is 2.97. The number of rotatable bonds is 9. The number of benzene rings is 3. The lowest BCUT2D eigenvalue weighted by molar-refractivity contribution is -0.138. The smallest absolute Gasteiger partial charge is 0.337 e.